The molecule has 1 spiro atoms. The lowest BCUT2D eigenvalue weighted by Crippen LogP contribution is -2.27. The summed E-state index contributed by atoms with van der Waals surface area (Å²) < 4.78 is 16.6. The van der Waals surface area contributed by atoms with Gasteiger partial charge in [-0.05, 0) is 18.6 Å². The standard InChI is InChI=1S/C14H18O3/c1-3-4-5-6-7-12-8-10-14(16-12)11-9-13(15-2)17-14/h7-8,10,13H,3-4,9,11H2,1-2H3/b12-7-. The highest BCUT2D eigenvalue weighted by Gasteiger charge is 2.43. The second kappa shape index (κ2) is 5.39. The van der Waals surface area contributed by atoms with Crippen LogP contribution in [0.1, 0.15) is 32.6 Å². The molecule has 0 amide bonds. The predicted octanol–water partition coefficient (Wildman–Crippen LogP) is 2.74. The minimum absolute atomic E-state index is 0.162. The Morgan fingerprint density at radius 3 is 3.24 bits per heavy atom. The third-order valence-corrected chi connectivity index (χ3v) is 2.81. The predicted molar refractivity (Wildman–Crippen MR) is 64.8 cm³/mol. The Bertz CT molecular complexity index is 386. The summed E-state index contributed by atoms with van der Waals surface area (Å²) in [4.78, 5) is 0. The second-order valence-corrected chi connectivity index (χ2v) is 4.19. The molecule has 0 aromatic rings. The minimum Gasteiger partial charge on any atom is -0.458 e. The van der Waals surface area contributed by atoms with Crippen LogP contribution in [-0.2, 0) is 14.2 Å². The van der Waals surface area contributed by atoms with E-state index in [0.29, 0.717) is 0 Å². The number of ether oxygens (including phenoxy) is 3. The average Bonchev–Trinajstić information content (AvgIpc) is 2.93. The summed E-state index contributed by atoms with van der Waals surface area (Å²) >= 11 is 0. The van der Waals surface area contributed by atoms with E-state index < -0.39 is 5.79 Å². The highest BCUT2D eigenvalue weighted by atomic mass is 16.8. The fourth-order valence-electron chi connectivity index (χ4n) is 1.90. The van der Waals surface area contributed by atoms with Crippen molar-refractivity contribution in [1.29, 1.82) is 0 Å². The van der Waals surface area contributed by atoms with Gasteiger partial charge in [-0.25, -0.2) is 0 Å². The van der Waals surface area contributed by atoms with E-state index in [-0.39, 0.29) is 6.29 Å². The van der Waals surface area contributed by atoms with Crippen LogP contribution in [0.3, 0.4) is 0 Å². The van der Waals surface area contributed by atoms with Gasteiger partial charge in [-0.1, -0.05) is 18.8 Å². The molecule has 92 valence electrons. The summed E-state index contributed by atoms with van der Waals surface area (Å²) in [7, 11) is 1.65. The van der Waals surface area contributed by atoms with Crippen LogP contribution in [0.5, 0.6) is 0 Å². The monoisotopic (exact) mass is 234 g/mol. The van der Waals surface area contributed by atoms with Crippen LogP contribution in [0.25, 0.3) is 0 Å². The van der Waals surface area contributed by atoms with Crippen LogP contribution in [0.4, 0.5) is 0 Å². The molecule has 0 aromatic carbocycles. The molecule has 3 nitrogen and oxygen atoms in total. The van der Waals surface area contributed by atoms with Gasteiger partial charge in [-0.2, -0.15) is 0 Å². The lowest BCUT2D eigenvalue weighted by atomic mass is 10.2. The first-order chi connectivity index (χ1) is 8.28. The third kappa shape index (κ3) is 2.91. The fraction of sp³-hybridized carbons (Fsp3) is 0.571. The lowest BCUT2D eigenvalue weighted by molar-refractivity contribution is -0.218. The number of methoxy groups -OCH3 is 1. The Hall–Kier alpha value is -1.24. The van der Waals surface area contributed by atoms with Crippen LogP contribution in [0.2, 0.25) is 0 Å². The maximum atomic E-state index is 5.77. The Labute approximate surface area is 102 Å². The van der Waals surface area contributed by atoms with Gasteiger partial charge in [-0.3, -0.25) is 0 Å². The van der Waals surface area contributed by atoms with Gasteiger partial charge in [0, 0.05) is 32.4 Å². The largest absolute Gasteiger partial charge is 0.458 e. The van der Waals surface area contributed by atoms with Gasteiger partial charge in [0.25, 0.3) is 0 Å². The molecule has 2 unspecified atom stereocenters. The molecule has 0 radical (unpaired) electrons. The summed E-state index contributed by atoms with van der Waals surface area (Å²) in [6, 6.07) is 0. The van der Waals surface area contributed by atoms with Crippen LogP contribution < -0.4 is 0 Å². The highest BCUT2D eigenvalue weighted by molar-refractivity contribution is 5.30. The Balaban J connectivity index is 1.93. The van der Waals surface area contributed by atoms with E-state index in [2.05, 4.69) is 18.8 Å². The molecule has 3 heteroatoms. The van der Waals surface area contributed by atoms with Crippen molar-refractivity contribution < 1.29 is 14.2 Å². The molecule has 0 bridgehead atoms. The molecule has 1 saturated heterocycles. The van der Waals surface area contributed by atoms with Crippen LogP contribution in [-0.4, -0.2) is 19.2 Å². The molecule has 2 rings (SSSR count). The average molecular weight is 234 g/mol. The van der Waals surface area contributed by atoms with Crippen molar-refractivity contribution >= 4 is 0 Å². The molecule has 2 aliphatic rings. The van der Waals surface area contributed by atoms with Crippen molar-refractivity contribution in [2.75, 3.05) is 7.11 Å². The molecule has 0 saturated carbocycles. The molecule has 0 aromatic heterocycles. The lowest BCUT2D eigenvalue weighted by Gasteiger charge is -2.22. The first-order valence-electron chi connectivity index (χ1n) is 6.05. The van der Waals surface area contributed by atoms with E-state index >= 15 is 0 Å². The summed E-state index contributed by atoms with van der Waals surface area (Å²) in [5.74, 6) is 6.20. The zero-order chi connectivity index (χ0) is 12.1. The SMILES string of the molecule is CCCC#C/C=C1/C=CC2(CCC(OC)O2)O1. The molecular formula is C14H18O3. The van der Waals surface area contributed by atoms with Gasteiger partial charge in [-0.15, -0.1) is 0 Å². The number of allylic oxidation sites excluding steroid dienone is 2. The molecule has 17 heavy (non-hydrogen) atoms. The van der Waals surface area contributed by atoms with E-state index in [1.807, 2.05) is 12.2 Å². The van der Waals surface area contributed by atoms with E-state index in [0.717, 1.165) is 31.4 Å². The first-order valence-corrected chi connectivity index (χ1v) is 6.05. The third-order valence-electron chi connectivity index (χ3n) is 2.81. The van der Waals surface area contributed by atoms with Crippen molar-refractivity contribution in [3.8, 4) is 11.8 Å². The normalized spacial score (nSPS) is 32.8. The van der Waals surface area contributed by atoms with E-state index in [4.69, 9.17) is 14.2 Å². The van der Waals surface area contributed by atoms with E-state index in [9.17, 15) is 0 Å². The highest BCUT2D eigenvalue weighted by Crippen LogP contribution is 2.38. The van der Waals surface area contributed by atoms with Crippen molar-refractivity contribution in [3.05, 3.63) is 24.0 Å². The molecule has 2 aliphatic heterocycles. The van der Waals surface area contributed by atoms with Crippen LogP contribution in [0, 0.1) is 11.8 Å². The van der Waals surface area contributed by atoms with E-state index in [1.165, 1.54) is 0 Å². The zero-order valence-corrected chi connectivity index (χ0v) is 10.4. The second-order valence-electron chi connectivity index (χ2n) is 4.19. The van der Waals surface area contributed by atoms with Gasteiger partial charge in [0.15, 0.2) is 6.29 Å². The van der Waals surface area contributed by atoms with Crippen molar-refractivity contribution in [3.63, 3.8) is 0 Å². The zero-order valence-electron chi connectivity index (χ0n) is 10.4. The van der Waals surface area contributed by atoms with Gasteiger partial charge < -0.3 is 14.2 Å². The van der Waals surface area contributed by atoms with Gasteiger partial charge in [0.1, 0.15) is 5.76 Å². The summed E-state index contributed by atoms with van der Waals surface area (Å²) in [6.45, 7) is 2.11. The molecule has 0 N–H and O–H groups in total. The molecule has 1 fully saturated rings. The maximum Gasteiger partial charge on any atom is 0.233 e. The van der Waals surface area contributed by atoms with Crippen molar-refractivity contribution in [2.45, 2.75) is 44.7 Å². The van der Waals surface area contributed by atoms with Crippen LogP contribution >= 0.6 is 0 Å². The molecule has 0 aliphatic carbocycles. The molecular weight excluding hydrogens is 216 g/mol. The quantitative estimate of drug-likeness (QED) is 0.688. The Morgan fingerprint density at radius 1 is 1.65 bits per heavy atom. The molecule has 2 heterocycles. The first kappa shape index (κ1) is 12.2. The number of rotatable bonds is 2. The van der Waals surface area contributed by atoms with Gasteiger partial charge >= 0.3 is 0 Å². The van der Waals surface area contributed by atoms with Gasteiger partial charge in [0.2, 0.25) is 5.79 Å². The molecule has 2 atom stereocenters. The summed E-state index contributed by atoms with van der Waals surface area (Å²) in [5.41, 5.74) is 0. The van der Waals surface area contributed by atoms with Crippen molar-refractivity contribution in [1.82, 2.24) is 0 Å². The smallest absolute Gasteiger partial charge is 0.233 e. The number of hydrogen-bond donors (Lipinski definition) is 0. The van der Waals surface area contributed by atoms with Crippen LogP contribution in [0.15, 0.2) is 24.0 Å². The number of hydrogen-bond acceptors (Lipinski definition) is 3. The Kier molecular flexibility index (Phi) is 3.88. The Morgan fingerprint density at radius 2 is 2.53 bits per heavy atom. The summed E-state index contributed by atoms with van der Waals surface area (Å²) in [5, 5.41) is 0. The van der Waals surface area contributed by atoms with E-state index in [1.54, 1.807) is 13.2 Å². The summed E-state index contributed by atoms with van der Waals surface area (Å²) in [6.07, 6.45) is 9.17. The maximum absolute atomic E-state index is 5.77. The topological polar surface area (TPSA) is 27.7 Å². The van der Waals surface area contributed by atoms with Gasteiger partial charge in [0.05, 0.1) is 0 Å². The number of unbranched alkanes of at least 4 members (excludes halogenated alkanes) is 1. The minimum atomic E-state index is -0.612. The fourth-order valence-corrected chi connectivity index (χ4v) is 1.90. The van der Waals surface area contributed by atoms with Crippen molar-refractivity contribution in [2.24, 2.45) is 0 Å².